The third-order valence-electron chi connectivity index (χ3n) is 1.73. The van der Waals surface area contributed by atoms with Crippen molar-refractivity contribution >= 4 is 17.9 Å². The number of hydrogen-bond donors (Lipinski definition) is 3. The lowest BCUT2D eigenvalue weighted by atomic mass is 10.5. The number of nitrogens with zero attached hydrogens (tertiary/aromatic N) is 1. The normalized spacial score (nSPS) is 9.53. The number of amides is 3. The largest absolute Gasteiger partial charge is 0.479 e. The molecule has 0 unspecified atom stereocenters. The molecule has 0 aromatic heterocycles. The Morgan fingerprint density at radius 3 is 2.41 bits per heavy atom. The lowest BCUT2D eigenvalue weighted by Crippen LogP contribution is -2.45. The van der Waals surface area contributed by atoms with Crippen LogP contribution in [0.25, 0.3) is 0 Å². The van der Waals surface area contributed by atoms with Crippen LogP contribution in [0.2, 0.25) is 0 Å². The molecule has 0 spiro atoms. The zero-order valence-corrected chi connectivity index (χ0v) is 9.86. The van der Waals surface area contributed by atoms with Crippen LogP contribution in [0.4, 0.5) is 4.79 Å². The van der Waals surface area contributed by atoms with Crippen molar-refractivity contribution in [2.24, 2.45) is 0 Å². The Labute approximate surface area is 98.9 Å². The van der Waals surface area contributed by atoms with E-state index < -0.39 is 18.6 Å². The number of rotatable bonds is 7. The average Bonchev–Trinajstić information content (AvgIpc) is 2.25. The molecule has 3 amide bonds. The second-order valence-electron chi connectivity index (χ2n) is 3.06. The number of carbonyl (C=O) groups is 3. The van der Waals surface area contributed by atoms with Gasteiger partial charge in [-0.25, -0.2) is 15.1 Å². The van der Waals surface area contributed by atoms with Gasteiger partial charge in [-0.1, -0.05) is 0 Å². The summed E-state index contributed by atoms with van der Waals surface area (Å²) in [7, 11) is 0. The van der Waals surface area contributed by atoms with Crippen molar-refractivity contribution in [1.82, 2.24) is 15.7 Å². The number of urea groups is 1. The summed E-state index contributed by atoms with van der Waals surface area (Å²) in [5, 5.41) is 10.8. The smallest absolute Gasteiger partial charge is 0.341 e. The molecule has 0 fully saturated rings. The van der Waals surface area contributed by atoms with Gasteiger partial charge in [-0.05, 0) is 13.8 Å². The van der Waals surface area contributed by atoms with Crippen LogP contribution in [0.1, 0.15) is 13.8 Å². The highest BCUT2D eigenvalue weighted by Crippen LogP contribution is 1.89. The molecule has 0 saturated carbocycles. The third-order valence-corrected chi connectivity index (χ3v) is 1.73. The van der Waals surface area contributed by atoms with Gasteiger partial charge in [0.05, 0.1) is 0 Å². The van der Waals surface area contributed by atoms with Gasteiger partial charge < -0.3 is 15.3 Å². The van der Waals surface area contributed by atoms with E-state index >= 15 is 0 Å². The van der Waals surface area contributed by atoms with Crippen molar-refractivity contribution in [2.45, 2.75) is 13.8 Å². The van der Waals surface area contributed by atoms with Crippen LogP contribution in [0.15, 0.2) is 0 Å². The fourth-order valence-corrected chi connectivity index (χ4v) is 0.978. The number of aliphatic carboxylic acids is 1. The van der Waals surface area contributed by atoms with Gasteiger partial charge in [0.15, 0.2) is 6.61 Å². The third kappa shape index (κ3) is 7.12. The zero-order valence-electron chi connectivity index (χ0n) is 9.86. The van der Waals surface area contributed by atoms with Gasteiger partial charge in [0.1, 0.15) is 6.54 Å². The predicted molar refractivity (Wildman–Crippen MR) is 58.1 cm³/mol. The second-order valence-corrected chi connectivity index (χ2v) is 3.06. The Morgan fingerprint density at radius 2 is 1.94 bits per heavy atom. The molecule has 0 radical (unpaired) electrons. The minimum absolute atomic E-state index is 0.105. The monoisotopic (exact) mass is 247 g/mol. The summed E-state index contributed by atoms with van der Waals surface area (Å²) in [5.41, 5.74) is 1.94. The first kappa shape index (κ1) is 15.2. The molecule has 0 rings (SSSR count). The van der Waals surface area contributed by atoms with Gasteiger partial charge in [0.2, 0.25) is 5.91 Å². The van der Waals surface area contributed by atoms with Crippen molar-refractivity contribution in [1.29, 1.82) is 0 Å². The molecular weight excluding hydrogens is 230 g/mol. The SMILES string of the molecule is CCNC(=O)CN(CC)C(=O)NOCC(=O)O. The molecule has 98 valence electrons. The Balaban J connectivity index is 4.03. The molecule has 8 nitrogen and oxygen atoms in total. The molecule has 0 saturated heterocycles. The highest BCUT2D eigenvalue weighted by Gasteiger charge is 2.15. The van der Waals surface area contributed by atoms with Gasteiger partial charge in [-0.2, -0.15) is 0 Å². The fourth-order valence-electron chi connectivity index (χ4n) is 0.978. The number of carboxylic acid groups (broad SMARTS) is 1. The molecule has 0 aliphatic heterocycles. The maximum Gasteiger partial charge on any atom is 0.341 e. The van der Waals surface area contributed by atoms with Gasteiger partial charge in [-0.15, -0.1) is 0 Å². The van der Waals surface area contributed by atoms with Crippen molar-refractivity contribution in [2.75, 3.05) is 26.2 Å². The van der Waals surface area contributed by atoms with E-state index in [-0.39, 0.29) is 12.5 Å². The van der Waals surface area contributed by atoms with Crippen LogP contribution < -0.4 is 10.8 Å². The summed E-state index contributed by atoms with van der Waals surface area (Å²) in [6, 6.07) is -0.653. The maximum atomic E-state index is 11.4. The predicted octanol–water partition coefficient (Wildman–Crippen LogP) is -0.830. The van der Waals surface area contributed by atoms with Crippen molar-refractivity contribution in [3.63, 3.8) is 0 Å². The van der Waals surface area contributed by atoms with Crippen molar-refractivity contribution < 1.29 is 24.3 Å². The molecular formula is C9H17N3O5. The average molecular weight is 247 g/mol. The highest BCUT2D eigenvalue weighted by atomic mass is 16.7. The second kappa shape index (κ2) is 8.34. The summed E-state index contributed by atoms with van der Waals surface area (Å²) in [4.78, 5) is 38.4. The van der Waals surface area contributed by atoms with Crippen LogP contribution in [0.3, 0.4) is 0 Å². The molecule has 17 heavy (non-hydrogen) atoms. The zero-order chi connectivity index (χ0) is 13.3. The number of hydrogen-bond acceptors (Lipinski definition) is 4. The minimum Gasteiger partial charge on any atom is -0.479 e. The van der Waals surface area contributed by atoms with E-state index in [1.54, 1.807) is 13.8 Å². The Bertz CT molecular complexity index is 282. The Kier molecular flexibility index (Phi) is 7.44. The molecule has 0 aromatic carbocycles. The maximum absolute atomic E-state index is 11.4. The van der Waals surface area contributed by atoms with Gasteiger partial charge in [0, 0.05) is 13.1 Å². The lowest BCUT2D eigenvalue weighted by Gasteiger charge is -2.19. The minimum atomic E-state index is -1.20. The van der Waals surface area contributed by atoms with E-state index in [9.17, 15) is 14.4 Å². The number of likely N-dealkylation sites (N-methyl/N-ethyl adjacent to an activating group) is 2. The fraction of sp³-hybridized carbons (Fsp3) is 0.667. The summed E-state index contributed by atoms with van der Waals surface area (Å²) >= 11 is 0. The molecule has 0 heterocycles. The quantitative estimate of drug-likeness (QED) is 0.509. The van der Waals surface area contributed by atoms with Crippen LogP contribution in [-0.4, -0.2) is 54.2 Å². The van der Waals surface area contributed by atoms with Gasteiger partial charge in [-0.3, -0.25) is 9.63 Å². The summed E-state index contributed by atoms with van der Waals surface area (Å²) in [6.07, 6.45) is 0. The van der Waals surface area contributed by atoms with Crippen molar-refractivity contribution in [3.05, 3.63) is 0 Å². The van der Waals surface area contributed by atoms with E-state index in [0.717, 1.165) is 0 Å². The van der Waals surface area contributed by atoms with Crippen LogP contribution in [0, 0.1) is 0 Å². The summed E-state index contributed by atoms with van der Waals surface area (Å²) < 4.78 is 0. The lowest BCUT2D eigenvalue weighted by molar-refractivity contribution is -0.144. The number of carboxylic acids is 1. The molecule has 0 aliphatic rings. The summed E-state index contributed by atoms with van der Waals surface area (Å²) in [6.45, 7) is 3.50. The molecule has 3 N–H and O–H groups in total. The standard InChI is InChI=1S/C9H17N3O5/c1-3-10-7(13)5-12(4-2)9(16)11-17-6-8(14)15/h3-6H2,1-2H3,(H,10,13)(H,11,16)(H,14,15). The van der Waals surface area contributed by atoms with Crippen LogP contribution in [0.5, 0.6) is 0 Å². The van der Waals surface area contributed by atoms with E-state index in [0.29, 0.717) is 13.1 Å². The highest BCUT2D eigenvalue weighted by molar-refractivity contribution is 5.83. The molecule has 0 bridgehead atoms. The Hall–Kier alpha value is -1.83. The first-order valence-electron chi connectivity index (χ1n) is 5.16. The molecule has 0 aromatic rings. The van der Waals surface area contributed by atoms with E-state index in [1.807, 2.05) is 5.48 Å². The van der Waals surface area contributed by atoms with E-state index in [2.05, 4.69) is 10.2 Å². The first-order chi connectivity index (χ1) is 8.01. The van der Waals surface area contributed by atoms with Gasteiger partial charge >= 0.3 is 12.0 Å². The van der Waals surface area contributed by atoms with E-state index in [4.69, 9.17) is 5.11 Å². The number of hydroxylamine groups is 1. The topological polar surface area (TPSA) is 108 Å². The van der Waals surface area contributed by atoms with Gasteiger partial charge in [0.25, 0.3) is 0 Å². The number of carbonyl (C=O) groups excluding carboxylic acids is 2. The van der Waals surface area contributed by atoms with Crippen molar-refractivity contribution in [3.8, 4) is 0 Å². The van der Waals surface area contributed by atoms with Crippen LogP contribution in [-0.2, 0) is 14.4 Å². The molecule has 0 aliphatic carbocycles. The first-order valence-corrected chi connectivity index (χ1v) is 5.16. The number of nitrogens with one attached hydrogen (secondary N) is 2. The van der Waals surface area contributed by atoms with E-state index in [1.165, 1.54) is 4.90 Å². The molecule has 0 atom stereocenters. The Morgan fingerprint density at radius 1 is 1.29 bits per heavy atom. The van der Waals surface area contributed by atoms with Crippen LogP contribution >= 0.6 is 0 Å². The summed E-state index contributed by atoms with van der Waals surface area (Å²) in [5.74, 6) is -1.49. The molecule has 8 heteroatoms.